The highest BCUT2D eigenvalue weighted by Crippen LogP contribution is 2.05. The summed E-state index contributed by atoms with van der Waals surface area (Å²) in [4.78, 5) is 22.7. The molecule has 0 bridgehead atoms. The van der Waals surface area contributed by atoms with Crippen LogP contribution in [0.15, 0.2) is 41.3 Å². The number of carbonyl (C=O) groups is 1. The van der Waals surface area contributed by atoms with Crippen molar-refractivity contribution < 1.29 is 9.90 Å². The molecule has 0 spiro atoms. The lowest BCUT2D eigenvalue weighted by Crippen LogP contribution is -2.03. The van der Waals surface area contributed by atoms with Crippen molar-refractivity contribution in [3.63, 3.8) is 0 Å². The quantitative estimate of drug-likeness (QED) is 0.686. The lowest BCUT2D eigenvalue weighted by molar-refractivity contribution is -0.134. The summed E-state index contributed by atoms with van der Waals surface area (Å²) in [7, 11) is 0. The summed E-state index contributed by atoms with van der Waals surface area (Å²) in [5.74, 6) is -0.833. The van der Waals surface area contributed by atoms with Crippen molar-refractivity contribution in [2.45, 2.75) is 6.92 Å². The minimum Gasteiger partial charge on any atom is -0.481 e. The monoisotopic (exact) mass is 205 g/mol. The SMILES string of the molecule is CC(=O)O.O=c1[nH]ccc2ccccc12. The molecule has 0 aliphatic rings. The maximum atomic E-state index is 11.1. The van der Waals surface area contributed by atoms with E-state index in [1.54, 1.807) is 6.20 Å². The molecule has 78 valence electrons. The second-order valence-electron chi connectivity index (χ2n) is 2.91. The molecular weight excluding hydrogens is 194 g/mol. The zero-order valence-electron chi connectivity index (χ0n) is 8.23. The predicted octanol–water partition coefficient (Wildman–Crippen LogP) is 1.62. The van der Waals surface area contributed by atoms with Gasteiger partial charge in [0.15, 0.2) is 0 Å². The normalized spacial score (nSPS) is 9.13. The van der Waals surface area contributed by atoms with Crippen molar-refractivity contribution in [2.75, 3.05) is 0 Å². The molecule has 1 heterocycles. The van der Waals surface area contributed by atoms with Gasteiger partial charge in [0.2, 0.25) is 0 Å². The molecule has 0 aliphatic heterocycles. The topological polar surface area (TPSA) is 70.2 Å². The van der Waals surface area contributed by atoms with Crippen LogP contribution in [0.5, 0.6) is 0 Å². The van der Waals surface area contributed by atoms with Crippen LogP contribution in [0.25, 0.3) is 10.8 Å². The number of nitrogens with one attached hydrogen (secondary N) is 1. The molecule has 2 aromatic rings. The van der Waals surface area contributed by atoms with Crippen molar-refractivity contribution in [2.24, 2.45) is 0 Å². The van der Waals surface area contributed by atoms with Crippen LogP contribution in [0.1, 0.15) is 6.92 Å². The second kappa shape index (κ2) is 4.95. The van der Waals surface area contributed by atoms with Gasteiger partial charge in [-0.2, -0.15) is 0 Å². The molecule has 0 unspecified atom stereocenters. The molecule has 4 nitrogen and oxygen atoms in total. The average molecular weight is 205 g/mol. The molecule has 0 saturated heterocycles. The minimum absolute atomic E-state index is 0.0249. The van der Waals surface area contributed by atoms with Crippen LogP contribution < -0.4 is 5.56 Å². The second-order valence-corrected chi connectivity index (χ2v) is 2.91. The Morgan fingerprint density at radius 2 is 1.87 bits per heavy atom. The van der Waals surface area contributed by atoms with E-state index in [0.717, 1.165) is 17.7 Å². The zero-order valence-corrected chi connectivity index (χ0v) is 8.23. The number of pyridine rings is 1. The van der Waals surface area contributed by atoms with Gasteiger partial charge in [-0.1, -0.05) is 18.2 Å². The highest BCUT2D eigenvalue weighted by atomic mass is 16.4. The van der Waals surface area contributed by atoms with Gasteiger partial charge in [0, 0.05) is 18.5 Å². The maximum absolute atomic E-state index is 11.1. The summed E-state index contributed by atoms with van der Waals surface area (Å²) in [6, 6.07) is 9.40. The zero-order chi connectivity index (χ0) is 11.3. The number of benzene rings is 1. The number of hydrogen-bond donors (Lipinski definition) is 2. The summed E-state index contributed by atoms with van der Waals surface area (Å²) < 4.78 is 0. The summed E-state index contributed by atoms with van der Waals surface area (Å²) in [6.07, 6.45) is 1.66. The third-order valence-corrected chi connectivity index (χ3v) is 1.68. The van der Waals surface area contributed by atoms with Gasteiger partial charge in [0.1, 0.15) is 0 Å². The first-order chi connectivity index (χ1) is 7.11. The van der Waals surface area contributed by atoms with Crippen molar-refractivity contribution in [3.8, 4) is 0 Å². The highest BCUT2D eigenvalue weighted by Gasteiger charge is 1.92. The minimum atomic E-state index is -0.833. The number of aliphatic carboxylic acids is 1. The van der Waals surface area contributed by atoms with E-state index in [2.05, 4.69) is 4.98 Å². The molecule has 4 heteroatoms. The van der Waals surface area contributed by atoms with Crippen molar-refractivity contribution in [1.29, 1.82) is 0 Å². The smallest absolute Gasteiger partial charge is 0.300 e. The van der Waals surface area contributed by atoms with Gasteiger partial charge in [-0.25, -0.2) is 0 Å². The Morgan fingerprint density at radius 3 is 2.47 bits per heavy atom. The first-order valence-electron chi connectivity index (χ1n) is 4.37. The Kier molecular flexibility index (Phi) is 3.62. The van der Waals surface area contributed by atoms with E-state index in [1.807, 2.05) is 30.3 Å². The van der Waals surface area contributed by atoms with E-state index in [9.17, 15) is 4.79 Å². The number of aromatic amines is 1. The largest absolute Gasteiger partial charge is 0.481 e. The molecule has 0 amide bonds. The van der Waals surface area contributed by atoms with Crippen LogP contribution in [0.2, 0.25) is 0 Å². The maximum Gasteiger partial charge on any atom is 0.300 e. The Balaban J connectivity index is 0.000000245. The summed E-state index contributed by atoms with van der Waals surface area (Å²) in [5, 5.41) is 9.14. The Morgan fingerprint density at radius 1 is 1.27 bits per heavy atom. The van der Waals surface area contributed by atoms with Gasteiger partial charge in [-0.15, -0.1) is 0 Å². The van der Waals surface area contributed by atoms with Gasteiger partial charge in [-0.3, -0.25) is 9.59 Å². The average Bonchev–Trinajstić information content (AvgIpc) is 2.18. The van der Waals surface area contributed by atoms with Gasteiger partial charge < -0.3 is 10.1 Å². The van der Waals surface area contributed by atoms with Crippen LogP contribution in [-0.2, 0) is 4.79 Å². The fraction of sp³-hybridized carbons (Fsp3) is 0.0909. The highest BCUT2D eigenvalue weighted by molar-refractivity contribution is 5.80. The van der Waals surface area contributed by atoms with Crippen LogP contribution in [0.3, 0.4) is 0 Å². The Bertz CT molecular complexity index is 507. The molecule has 2 rings (SSSR count). The lowest BCUT2D eigenvalue weighted by atomic mass is 10.2. The van der Waals surface area contributed by atoms with Crippen LogP contribution in [0.4, 0.5) is 0 Å². The van der Waals surface area contributed by atoms with Crippen LogP contribution in [-0.4, -0.2) is 16.1 Å². The molecule has 1 aromatic heterocycles. The molecule has 0 atom stereocenters. The molecule has 0 radical (unpaired) electrons. The van der Waals surface area contributed by atoms with E-state index < -0.39 is 5.97 Å². The van der Waals surface area contributed by atoms with E-state index in [1.165, 1.54) is 0 Å². The standard InChI is InChI=1S/C9H7NO.C2H4O2/c11-9-8-4-2-1-3-7(8)5-6-10-9;1-2(3)4/h1-6H,(H,10,11);1H3,(H,3,4). The van der Waals surface area contributed by atoms with Gasteiger partial charge in [-0.05, 0) is 17.5 Å². The van der Waals surface area contributed by atoms with Gasteiger partial charge in [0.25, 0.3) is 11.5 Å². The molecule has 0 aliphatic carbocycles. The van der Waals surface area contributed by atoms with E-state index >= 15 is 0 Å². The molecule has 0 saturated carbocycles. The summed E-state index contributed by atoms with van der Waals surface area (Å²) in [6.45, 7) is 1.08. The number of H-pyrrole nitrogens is 1. The fourth-order valence-corrected chi connectivity index (χ4v) is 1.13. The van der Waals surface area contributed by atoms with Crippen molar-refractivity contribution >= 4 is 16.7 Å². The molecular formula is C11H11NO3. The number of rotatable bonds is 0. The third-order valence-electron chi connectivity index (χ3n) is 1.68. The molecule has 0 fully saturated rings. The van der Waals surface area contributed by atoms with Gasteiger partial charge >= 0.3 is 0 Å². The number of hydrogen-bond acceptors (Lipinski definition) is 2. The third kappa shape index (κ3) is 3.27. The number of fused-ring (bicyclic) bond motifs is 1. The molecule has 1 aromatic carbocycles. The predicted molar refractivity (Wildman–Crippen MR) is 57.9 cm³/mol. The number of carboxylic acids is 1. The molecule has 2 N–H and O–H groups in total. The van der Waals surface area contributed by atoms with E-state index in [4.69, 9.17) is 9.90 Å². The molecule has 15 heavy (non-hydrogen) atoms. The first kappa shape index (κ1) is 11.0. The fourth-order valence-electron chi connectivity index (χ4n) is 1.13. The Labute approximate surface area is 86.2 Å². The van der Waals surface area contributed by atoms with Crippen molar-refractivity contribution in [3.05, 3.63) is 46.9 Å². The van der Waals surface area contributed by atoms with E-state index in [0.29, 0.717) is 0 Å². The van der Waals surface area contributed by atoms with Crippen LogP contribution >= 0.6 is 0 Å². The van der Waals surface area contributed by atoms with E-state index in [-0.39, 0.29) is 5.56 Å². The summed E-state index contributed by atoms with van der Waals surface area (Å²) in [5.41, 5.74) is -0.0249. The van der Waals surface area contributed by atoms with Crippen molar-refractivity contribution in [1.82, 2.24) is 4.98 Å². The van der Waals surface area contributed by atoms with Crippen LogP contribution in [0, 0.1) is 0 Å². The Hall–Kier alpha value is -2.10. The number of carboxylic acid groups (broad SMARTS) is 1. The summed E-state index contributed by atoms with van der Waals surface area (Å²) >= 11 is 0. The lowest BCUT2D eigenvalue weighted by Gasteiger charge is -1.92. The first-order valence-corrected chi connectivity index (χ1v) is 4.37. The number of aromatic nitrogens is 1. The van der Waals surface area contributed by atoms with Gasteiger partial charge in [0.05, 0.1) is 0 Å².